The number of aromatic nitrogens is 2. The molecule has 1 heterocycles. The molecule has 3 rings (SSSR count). The Bertz CT molecular complexity index is 1010. The molecule has 0 aliphatic carbocycles. The molecule has 28 heavy (non-hydrogen) atoms. The van der Waals surface area contributed by atoms with E-state index in [-0.39, 0.29) is 5.82 Å². The van der Waals surface area contributed by atoms with Crippen LogP contribution in [-0.4, -0.2) is 33.9 Å². The third-order valence-electron chi connectivity index (χ3n) is 4.00. The number of hydrogen-bond acceptors (Lipinski definition) is 5. The molecule has 2 N–H and O–H groups in total. The minimum absolute atomic E-state index is 0.319. The van der Waals surface area contributed by atoms with Crippen LogP contribution in [0.25, 0.3) is 22.0 Å². The second kappa shape index (κ2) is 8.79. The smallest absolute Gasteiger partial charge is 0.321 e. The van der Waals surface area contributed by atoms with Gasteiger partial charge in [0.05, 0.1) is 5.25 Å². The molecule has 0 aliphatic heterocycles. The Kier molecular flexibility index (Phi) is 6.20. The van der Waals surface area contributed by atoms with Gasteiger partial charge in [0.15, 0.2) is 0 Å². The Morgan fingerprint density at radius 2 is 1.75 bits per heavy atom. The van der Waals surface area contributed by atoms with Gasteiger partial charge in [0, 0.05) is 22.9 Å². The van der Waals surface area contributed by atoms with Crippen molar-refractivity contribution < 1.29 is 14.0 Å². The second-order valence-electron chi connectivity index (χ2n) is 6.02. The van der Waals surface area contributed by atoms with Crippen LogP contribution in [0.4, 0.5) is 9.18 Å². The molecule has 1 unspecified atom stereocenters. The molecule has 3 amide bonds. The number of imide groups is 1. The average molecular weight is 398 g/mol. The van der Waals surface area contributed by atoms with E-state index in [1.54, 1.807) is 26.0 Å². The van der Waals surface area contributed by atoms with Crippen LogP contribution in [0.3, 0.4) is 0 Å². The number of urea groups is 1. The monoisotopic (exact) mass is 398 g/mol. The van der Waals surface area contributed by atoms with Crippen molar-refractivity contribution in [1.82, 2.24) is 20.8 Å². The summed E-state index contributed by atoms with van der Waals surface area (Å²) in [6.07, 6.45) is 0. The summed E-state index contributed by atoms with van der Waals surface area (Å²) in [7, 11) is 0. The molecule has 144 valence electrons. The molecule has 1 aromatic heterocycles. The molecule has 0 spiro atoms. The Morgan fingerprint density at radius 1 is 1.07 bits per heavy atom. The second-order valence-corrected chi connectivity index (χ2v) is 7.34. The van der Waals surface area contributed by atoms with E-state index in [1.165, 1.54) is 23.9 Å². The van der Waals surface area contributed by atoms with E-state index in [0.29, 0.717) is 17.3 Å². The van der Waals surface area contributed by atoms with Gasteiger partial charge in [-0.1, -0.05) is 36.0 Å². The summed E-state index contributed by atoms with van der Waals surface area (Å²) in [5, 5.41) is 15.1. The molecule has 2 aromatic carbocycles. The Labute approximate surface area is 165 Å². The summed E-state index contributed by atoms with van der Waals surface area (Å²) in [5.74, 6) is -0.732. The fraction of sp³-hybridized carbons (Fsp3) is 0.200. The van der Waals surface area contributed by atoms with Crippen molar-refractivity contribution in [2.24, 2.45) is 0 Å². The molecular formula is C20H19FN4O2S. The van der Waals surface area contributed by atoms with Crippen molar-refractivity contribution in [3.05, 3.63) is 54.3 Å². The molecule has 0 bridgehead atoms. The predicted octanol–water partition coefficient (Wildman–Crippen LogP) is 3.76. The van der Waals surface area contributed by atoms with Gasteiger partial charge >= 0.3 is 6.03 Å². The van der Waals surface area contributed by atoms with E-state index >= 15 is 0 Å². The molecule has 8 heteroatoms. The van der Waals surface area contributed by atoms with Gasteiger partial charge in [-0.15, -0.1) is 10.2 Å². The third kappa shape index (κ3) is 4.45. The number of carbonyl (C=O) groups is 2. The van der Waals surface area contributed by atoms with Crippen LogP contribution in [0, 0.1) is 5.82 Å². The number of rotatable bonds is 5. The fourth-order valence-corrected chi connectivity index (χ4v) is 3.52. The van der Waals surface area contributed by atoms with Crippen molar-refractivity contribution >= 4 is 34.5 Å². The minimum atomic E-state index is -0.544. The van der Waals surface area contributed by atoms with Crippen molar-refractivity contribution in [2.75, 3.05) is 6.54 Å². The number of nitrogens with one attached hydrogen (secondary N) is 2. The Hall–Kier alpha value is -3.00. The maximum Gasteiger partial charge on any atom is 0.321 e. The first kappa shape index (κ1) is 19.8. The highest BCUT2D eigenvalue weighted by molar-refractivity contribution is 8.00. The van der Waals surface area contributed by atoms with E-state index in [4.69, 9.17) is 0 Å². The fourth-order valence-electron chi connectivity index (χ4n) is 2.63. The lowest BCUT2D eigenvalue weighted by Crippen LogP contribution is -2.42. The molecule has 3 aromatic rings. The van der Waals surface area contributed by atoms with Crippen molar-refractivity contribution in [3.63, 3.8) is 0 Å². The van der Waals surface area contributed by atoms with Crippen molar-refractivity contribution in [2.45, 2.75) is 24.1 Å². The van der Waals surface area contributed by atoms with Crippen LogP contribution in [0.1, 0.15) is 13.8 Å². The standard InChI is InChI=1S/C20H19FN4O2S/c1-3-22-20(27)23-18(26)12(2)28-19-16-7-5-4-6-15(16)17(24-25-19)13-8-10-14(21)11-9-13/h4-12H,3H2,1-2H3,(H2,22,23,26,27). The molecular weight excluding hydrogens is 379 g/mol. The number of halogens is 1. The number of hydrogen-bond donors (Lipinski definition) is 2. The first-order chi connectivity index (χ1) is 13.5. The molecule has 1 atom stereocenters. The van der Waals surface area contributed by atoms with E-state index in [9.17, 15) is 14.0 Å². The predicted molar refractivity (Wildman–Crippen MR) is 107 cm³/mol. The van der Waals surface area contributed by atoms with E-state index in [0.717, 1.165) is 16.3 Å². The largest absolute Gasteiger partial charge is 0.338 e. The van der Waals surface area contributed by atoms with Crippen LogP contribution in [-0.2, 0) is 4.79 Å². The molecule has 0 aliphatic rings. The van der Waals surface area contributed by atoms with Gasteiger partial charge in [0.2, 0.25) is 5.91 Å². The Morgan fingerprint density at radius 3 is 2.43 bits per heavy atom. The lowest BCUT2D eigenvalue weighted by molar-refractivity contribution is -0.119. The van der Waals surface area contributed by atoms with Crippen LogP contribution in [0.2, 0.25) is 0 Å². The molecule has 6 nitrogen and oxygen atoms in total. The quantitative estimate of drug-likeness (QED) is 0.640. The van der Waals surface area contributed by atoms with Gasteiger partial charge in [0.1, 0.15) is 16.5 Å². The average Bonchev–Trinajstić information content (AvgIpc) is 2.69. The van der Waals surface area contributed by atoms with Gasteiger partial charge < -0.3 is 5.32 Å². The lowest BCUT2D eigenvalue weighted by atomic mass is 10.1. The topological polar surface area (TPSA) is 84.0 Å². The highest BCUT2D eigenvalue weighted by Crippen LogP contribution is 2.33. The number of thioether (sulfide) groups is 1. The number of fused-ring (bicyclic) bond motifs is 1. The number of benzene rings is 2. The van der Waals surface area contributed by atoms with Crippen LogP contribution in [0.15, 0.2) is 53.6 Å². The molecule has 0 fully saturated rings. The summed E-state index contributed by atoms with van der Waals surface area (Å²) in [5.41, 5.74) is 1.39. The van der Waals surface area contributed by atoms with E-state index < -0.39 is 17.2 Å². The summed E-state index contributed by atoms with van der Waals surface area (Å²) in [6, 6.07) is 13.1. The summed E-state index contributed by atoms with van der Waals surface area (Å²) in [6.45, 7) is 3.90. The highest BCUT2D eigenvalue weighted by Gasteiger charge is 2.20. The van der Waals surface area contributed by atoms with Gasteiger partial charge in [-0.25, -0.2) is 9.18 Å². The number of nitrogens with zero attached hydrogens (tertiary/aromatic N) is 2. The maximum atomic E-state index is 13.2. The van der Waals surface area contributed by atoms with Gasteiger partial charge in [0.25, 0.3) is 0 Å². The highest BCUT2D eigenvalue weighted by atomic mass is 32.2. The molecule has 0 saturated heterocycles. The SMILES string of the molecule is CCNC(=O)NC(=O)C(C)Sc1nnc(-c2ccc(F)cc2)c2ccccc12. The van der Waals surface area contributed by atoms with Crippen molar-refractivity contribution in [1.29, 1.82) is 0 Å². The zero-order valence-electron chi connectivity index (χ0n) is 15.4. The Balaban J connectivity index is 1.89. The summed E-state index contributed by atoms with van der Waals surface area (Å²) < 4.78 is 13.2. The van der Waals surface area contributed by atoms with Crippen LogP contribution in [0.5, 0.6) is 0 Å². The molecule has 0 saturated carbocycles. The van der Waals surface area contributed by atoms with E-state index in [2.05, 4.69) is 20.8 Å². The van der Waals surface area contributed by atoms with Crippen LogP contribution >= 0.6 is 11.8 Å². The molecule has 0 radical (unpaired) electrons. The maximum absolute atomic E-state index is 13.2. The third-order valence-corrected chi connectivity index (χ3v) is 5.10. The zero-order valence-corrected chi connectivity index (χ0v) is 16.2. The first-order valence-electron chi connectivity index (χ1n) is 8.76. The first-order valence-corrected chi connectivity index (χ1v) is 9.64. The normalized spacial score (nSPS) is 11.8. The van der Waals surface area contributed by atoms with Gasteiger partial charge in [-0.05, 0) is 38.1 Å². The van der Waals surface area contributed by atoms with E-state index in [1.807, 2.05) is 24.3 Å². The minimum Gasteiger partial charge on any atom is -0.338 e. The van der Waals surface area contributed by atoms with Gasteiger partial charge in [-0.2, -0.15) is 0 Å². The summed E-state index contributed by atoms with van der Waals surface area (Å²) in [4.78, 5) is 23.8. The lowest BCUT2D eigenvalue weighted by Gasteiger charge is -2.13. The zero-order chi connectivity index (χ0) is 20.1. The van der Waals surface area contributed by atoms with Crippen LogP contribution < -0.4 is 10.6 Å². The van der Waals surface area contributed by atoms with Gasteiger partial charge in [-0.3, -0.25) is 10.1 Å². The van der Waals surface area contributed by atoms with Crippen molar-refractivity contribution in [3.8, 4) is 11.3 Å². The summed E-state index contributed by atoms with van der Waals surface area (Å²) >= 11 is 1.22. The number of carbonyl (C=O) groups excluding carboxylic acids is 2. The number of amides is 3.